The van der Waals surface area contributed by atoms with Crippen molar-refractivity contribution >= 4 is 48.9 Å². The second kappa shape index (κ2) is 11.5. The maximum absolute atomic E-state index is 14.0. The van der Waals surface area contributed by atoms with Gasteiger partial charge in [0.1, 0.15) is 6.04 Å². The van der Waals surface area contributed by atoms with Crippen molar-refractivity contribution in [1.82, 2.24) is 15.2 Å². The van der Waals surface area contributed by atoms with Gasteiger partial charge in [-0.1, -0.05) is 50.3 Å². The van der Waals surface area contributed by atoms with Gasteiger partial charge in [0.2, 0.25) is 21.1 Å². The number of aromatic nitrogens is 1. The van der Waals surface area contributed by atoms with Crippen molar-refractivity contribution in [2.75, 3.05) is 6.54 Å². The Morgan fingerprint density at radius 2 is 1.92 bits per heavy atom. The summed E-state index contributed by atoms with van der Waals surface area (Å²) in [6.45, 7) is 3.74. The highest BCUT2D eigenvalue weighted by atomic mass is 32.2. The van der Waals surface area contributed by atoms with Crippen LogP contribution in [0.15, 0.2) is 71.9 Å². The fraction of sp³-hybridized carbons (Fsp3) is 0.333. The zero-order valence-electron chi connectivity index (χ0n) is 21.1. The van der Waals surface area contributed by atoms with Crippen molar-refractivity contribution < 1.29 is 22.8 Å². The van der Waals surface area contributed by atoms with Crippen molar-refractivity contribution in [3.63, 3.8) is 0 Å². The molecule has 1 aliphatic rings. The number of nitrogens with one attached hydrogen (secondary N) is 1. The predicted molar refractivity (Wildman–Crippen MR) is 146 cm³/mol. The van der Waals surface area contributed by atoms with Gasteiger partial charge >= 0.3 is 0 Å². The number of ketones is 1. The molecule has 4 rings (SSSR count). The van der Waals surface area contributed by atoms with Crippen LogP contribution >= 0.6 is 11.3 Å². The van der Waals surface area contributed by atoms with E-state index in [4.69, 9.17) is 5.73 Å². The Bertz CT molecular complexity index is 1430. The minimum absolute atomic E-state index is 0.00915. The summed E-state index contributed by atoms with van der Waals surface area (Å²) in [6, 6.07) is 11.4. The third kappa shape index (κ3) is 5.85. The molecule has 0 spiro atoms. The van der Waals surface area contributed by atoms with Gasteiger partial charge in [0.05, 0.1) is 10.9 Å². The lowest BCUT2D eigenvalue weighted by molar-refractivity contribution is -0.139. The Morgan fingerprint density at radius 1 is 1.18 bits per heavy atom. The fourth-order valence-electron chi connectivity index (χ4n) is 4.38. The van der Waals surface area contributed by atoms with E-state index < -0.39 is 44.9 Å². The Balaban J connectivity index is 1.71. The van der Waals surface area contributed by atoms with Crippen LogP contribution in [-0.4, -0.2) is 59.9 Å². The molecule has 3 heterocycles. The van der Waals surface area contributed by atoms with Crippen LogP contribution in [0.4, 0.5) is 0 Å². The highest BCUT2D eigenvalue weighted by Crippen LogP contribution is 2.26. The SMILES string of the molecule is CC(C)C[C@H](NC(=O)c1cc2ccccc2s1)C(=O)N1CCC=CC(N)C(=O)C1S(=O)(=O)c1ccccn1. The monoisotopic (exact) mass is 554 g/mol. The van der Waals surface area contributed by atoms with E-state index in [0.717, 1.165) is 15.0 Å². The molecule has 38 heavy (non-hydrogen) atoms. The van der Waals surface area contributed by atoms with Crippen molar-refractivity contribution in [2.24, 2.45) is 11.7 Å². The normalized spacial score (nSPS) is 19.3. The molecule has 0 saturated heterocycles. The number of hydrogen-bond donors (Lipinski definition) is 2. The lowest BCUT2D eigenvalue weighted by atomic mass is 10.0. The summed E-state index contributed by atoms with van der Waals surface area (Å²) < 4.78 is 28.3. The standard InChI is InChI=1S/C27H30N4O5S2/c1-17(2)15-20(30-25(33)22-16-18-9-3-4-11-21(18)37-22)26(34)31-14-8-6-10-19(28)24(32)27(31)38(35,36)23-12-5-7-13-29-23/h3-7,9-13,16-17,19-20,27H,8,14-15,28H2,1-2H3,(H,30,33)/t19?,20-,27?/m0/s1. The Labute approximate surface area is 225 Å². The molecule has 2 aromatic heterocycles. The van der Waals surface area contributed by atoms with E-state index in [1.165, 1.54) is 35.7 Å². The highest BCUT2D eigenvalue weighted by Gasteiger charge is 2.45. The van der Waals surface area contributed by atoms with Gasteiger partial charge < -0.3 is 16.0 Å². The molecule has 3 aromatic rings. The van der Waals surface area contributed by atoms with E-state index in [9.17, 15) is 22.8 Å². The van der Waals surface area contributed by atoms with E-state index >= 15 is 0 Å². The zero-order chi connectivity index (χ0) is 27.4. The van der Waals surface area contributed by atoms with Crippen molar-refractivity contribution in [3.8, 4) is 0 Å². The number of fused-ring (bicyclic) bond motifs is 1. The van der Waals surface area contributed by atoms with Crippen LogP contribution < -0.4 is 11.1 Å². The van der Waals surface area contributed by atoms with Crippen molar-refractivity contribution in [2.45, 2.75) is 49.2 Å². The summed E-state index contributed by atoms with van der Waals surface area (Å²) in [4.78, 5) is 46.0. The number of amides is 2. The minimum Gasteiger partial charge on any atom is -0.340 e. The van der Waals surface area contributed by atoms with Crippen LogP contribution in [0, 0.1) is 5.92 Å². The molecule has 0 saturated carbocycles. The number of carbonyl (C=O) groups is 3. The number of benzene rings is 1. The number of sulfone groups is 1. The lowest BCUT2D eigenvalue weighted by Crippen LogP contribution is -2.59. The molecular weight excluding hydrogens is 524 g/mol. The second-order valence-corrected chi connectivity index (χ2v) is 12.6. The second-order valence-electron chi connectivity index (χ2n) is 9.55. The number of carbonyl (C=O) groups excluding carboxylic acids is 3. The Hall–Kier alpha value is -3.41. The minimum atomic E-state index is -4.42. The van der Waals surface area contributed by atoms with Crippen LogP contribution in [0.5, 0.6) is 0 Å². The molecule has 3 N–H and O–H groups in total. The third-order valence-corrected chi connectivity index (χ3v) is 9.22. The van der Waals surface area contributed by atoms with Gasteiger partial charge in [-0.25, -0.2) is 13.4 Å². The van der Waals surface area contributed by atoms with E-state index in [1.54, 1.807) is 18.2 Å². The number of rotatable bonds is 7. The number of nitrogens with two attached hydrogens (primary N) is 1. The number of nitrogens with zero attached hydrogens (tertiary/aromatic N) is 2. The smallest absolute Gasteiger partial charge is 0.262 e. The summed E-state index contributed by atoms with van der Waals surface area (Å²) in [5.41, 5.74) is 6.00. The molecule has 2 unspecified atom stereocenters. The summed E-state index contributed by atoms with van der Waals surface area (Å²) in [7, 11) is -4.42. The number of pyridine rings is 1. The van der Waals surface area contributed by atoms with Gasteiger partial charge in [-0.2, -0.15) is 0 Å². The molecule has 3 atom stereocenters. The largest absolute Gasteiger partial charge is 0.340 e. The third-order valence-electron chi connectivity index (χ3n) is 6.20. The molecule has 2 amide bonds. The predicted octanol–water partition coefficient (Wildman–Crippen LogP) is 2.93. The molecule has 9 nitrogen and oxygen atoms in total. The van der Waals surface area contributed by atoms with Crippen molar-refractivity contribution in [1.29, 1.82) is 0 Å². The van der Waals surface area contributed by atoms with Gasteiger partial charge in [0, 0.05) is 17.4 Å². The summed E-state index contributed by atoms with van der Waals surface area (Å²) >= 11 is 1.30. The van der Waals surface area contributed by atoms with Crippen LogP contribution in [0.3, 0.4) is 0 Å². The first-order valence-electron chi connectivity index (χ1n) is 12.3. The zero-order valence-corrected chi connectivity index (χ0v) is 22.7. The van der Waals surface area contributed by atoms with Gasteiger partial charge in [0.25, 0.3) is 5.91 Å². The molecule has 0 fully saturated rings. The first kappa shape index (κ1) is 27.6. The number of Topliss-reactive ketones (excluding diaryl/α,β-unsaturated/α-hetero) is 1. The van der Waals surface area contributed by atoms with Crippen LogP contribution in [0.2, 0.25) is 0 Å². The molecule has 1 aromatic carbocycles. The van der Waals surface area contributed by atoms with Gasteiger partial charge in [0.15, 0.2) is 10.8 Å². The summed E-state index contributed by atoms with van der Waals surface area (Å²) in [6.07, 6.45) is 4.94. The molecule has 200 valence electrons. The summed E-state index contributed by atoms with van der Waals surface area (Å²) in [5.74, 6) is -1.94. The molecule has 11 heteroatoms. The molecule has 0 radical (unpaired) electrons. The Morgan fingerprint density at radius 3 is 2.61 bits per heavy atom. The average molecular weight is 555 g/mol. The van der Waals surface area contributed by atoms with Gasteiger partial charge in [-0.3, -0.25) is 14.4 Å². The maximum atomic E-state index is 14.0. The molecule has 0 aliphatic carbocycles. The highest BCUT2D eigenvalue weighted by molar-refractivity contribution is 7.92. The van der Waals surface area contributed by atoms with Crippen LogP contribution in [0.25, 0.3) is 10.1 Å². The summed E-state index contributed by atoms with van der Waals surface area (Å²) in [5, 5.41) is 1.51. The quantitative estimate of drug-likeness (QED) is 0.428. The lowest BCUT2D eigenvalue weighted by Gasteiger charge is -2.35. The van der Waals surface area contributed by atoms with Gasteiger partial charge in [-0.05, 0) is 48.4 Å². The fourth-order valence-corrected chi connectivity index (χ4v) is 7.06. The van der Waals surface area contributed by atoms with Crippen LogP contribution in [-0.2, 0) is 19.4 Å². The average Bonchev–Trinajstić information content (AvgIpc) is 3.33. The number of hydrogen-bond acceptors (Lipinski definition) is 8. The molecule has 0 bridgehead atoms. The van der Waals surface area contributed by atoms with Crippen molar-refractivity contribution in [3.05, 3.63) is 71.8 Å². The molecular formula is C27H30N4O5S2. The maximum Gasteiger partial charge on any atom is 0.262 e. The Kier molecular flexibility index (Phi) is 8.39. The van der Waals surface area contributed by atoms with E-state index in [2.05, 4.69) is 10.3 Å². The number of thiophene rings is 1. The van der Waals surface area contributed by atoms with E-state index in [-0.39, 0.29) is 23.9 Å². The van der Waals surface area contributed by atoms with Gasteiger partial charge in [-0.15, -0.1) is 11.3 Å². The topological polar surface area (TPSA) is 140 Å². The first-order valence-corrected chi connectivity index (χ1v) is 14.7. The van der Waals surface area contributed by atoms with E-state index in [0.29, 0.717) is 11.3 Å². The van der Waals surface area contributed by atoms with E-state index in [1.807, 2.05) is 38.1 Å². The molecule has 1 aliphatic heterocycles. The first-order chi connectivity index (χ1) is 18.1. The van der Waals surface area contributed by atoms with Crippen LogP contribution in [0.1, 0.15) is 36.4 Å².